The standard InChI is InChI=1S/C25H37BrN2OSi/c1-25(2,3)30(23-11-6-4-7-12-23,24-13-8-5-9-14-24)29-22-21-28-19-17-27(18-20-28)16-10-15-26/h4-9,11-14H,10,15-22H2,1-3H3. The number of halogens is 1. The van der Waals surface area contributed by atoms with E-state index in [1.807, 2.05) is 0 Å². The summed E-state index contributed by atoms with van der Waals surface area (Å²) in [7, 11) is -2.41. The first-order chi connectivity index (χ1) is 14.5. The molecule has 1 fully saturated rings. The van der Waals surface area contributed by atoms with E-state index in [9.17, 15) is 0 Å². The number of hydrogen-bond acceptors (Lipinski definition) is 3. The highest BCUT2D eigenvalue weighted by molar-refractivity contribution is 9.09. The Morgan fingerprint density at radius 1 is 0.800 bits per heavy atom. The van der Waals surface area contributed by atoms with E-state index in [1.54, 1.807) is 0 Å². The Hall–Kier alpha value is -0.983. The second-order valence-corrected chi connectivity index (χ2v) is 14.3. The average Bonchev–Trinajstić information content (AvgIpc) is 2.76. The number of benzene rings is 2. The Bertz CT molecular complexity index is 703. The number of piperazine rings is 1. The molecule has 5 heteroatoms. The van der Waals surface area contributed by atoms with Gasteiger partial charge in [-0.2, -0.15) is 0 Å². The van der Waals surface area contributed by atoms with Crippen LogP contribution in [0, 0.1) is 0 Å². The average molecular weight is 490 g/mol. The molecule has 1 aliphatic rings. The van der Waals surface area contributed by atoms with Crippen LogP contribution in [-0.4, -0.2) is 69.3 Å². The highest BCUT2D eigenvalue weighted by Gasteiger charge is 2.50. The van der Waals surface area contributed by atoms with Crippen molar-refractivity contribution in [1.29, 1.82) is 0 Å². The van der Waals surface area contributed by atoms with Crippen molar-refractivity contribution in [2.24, 2.45) is 0 Å². The normalized spacial score (nSPS) is 16.7. The minimum Gasteiger partial charge on any atom is -0.406 e. The lowest BCUT2D eigenvalue weighted by molar-refractivity contribution is 0.115. The van der Waals surface area contributed by atoms with Gasteiger partial charge in [0.25, 0.3) is 8.32 Å². The summed E-state index contributed by atoms with van der Waals surface area (Å²) >= 11 is 3.55. The zero-order valence-corrected chi connectivity index (χ0v) is 21.4. The van der Waals surface area contributed by atoms with E-state index in [2.05, 4.69) is 107 Å². The van der Waals surface area contributed by atoms with Gasteiger partial charge in [-0.3, -0.25) is 4.90 Å². The van der Waals surface area contributed by atoms with E-state index < -0.39 is 8.32 Å². The molecule has 1 heterocycles. The molecule has 0 bridgehead atoms. The number of nitrogens with zero attached hydrogens (tertiary/aromatic N) is 2. The Morgan fingerprint density at radius 3 is 1.70 bits per heavy atom. The van der Waals surface area contributed by atoms with E-state index in [0.717, 1.165) is 31.6 Å². The molecule has 1 aliphatic heterocycles. The van der Waals surface area contributed by atoms with Crippen molar-refractivity contribution >= 4 is 34.6 Å². The maximum Gasteiger partial charge on any atom is 0.261 e. The maximum atomic E-state index is 7.04. The molecule has 0 unspecified atom stereocenters. The van der Waals surface area contributed by atoms with Gasteiger partial charge in [0.15, 0.2) is 0 Å². The van der Waals surface area contributed by atoms with Gasteiger partial charge in [-0.1, -0.05) is 97.4 Å². The fourth-order valence-electron chi connectivity index (χ4n) is 4.61. The van der Waals surface area contributed by atoms with Crippen LogP contribution in [0.4, 0.5) is 0 Å². The molecule has 3 rings (SSSR count). The van der Waals surface area contributed by atoms with Gasteiger partial charge in [0, 0.05) is 44.7 Å². The summed E-state index contributed by atoms with van der Waals surface area (Å²) in [4.78, 5) is 5.16. The molecule has 0 spiro atoms. The minimum absolute atomic E-state index is 0.0457. The molecule has 164 valence electrons. The molecule has 1 saturated heterocycles. The molecule has 0 saturated carbocycles. The predicted octanol–water partition coefficient (Wildman–Crippen LogP) is 3.97. The monoisotopic (exact) mass is 488 g/mol. The van der Waals surface area contributed by atoms with Crippen LogP contribution >= 0.6 is 15.9 Å². The second-order valence-electron chi connectivity index (χ2n) is 9.24. The lowest BCUT2D eigenvalue weighted by Gasteiger charge is -2.43. The van der Waals surface area contributed by atoms with Crippen LogP contribution in [-0.2, 0) is 4.43 Å². The molecular weight excluding hydrogens is 452 g/mol. The van der Waals surface area contributed by atoms with Gasteiger partial charge < -0.3 is 9.33 Å². The molecule has 0 radical (unpaired) electrons. The van der Waals surface area contributed by atoms with Gasteiger partial charge >= 0.3 is 0 Å². The quantitative estimate of drug-likeness (QED) is 0.392. The number of rotatable bonds is 9. The van der Waals surface area contributed by atoms with Crippen LogP contribution in [0.2, 0.25) is 5.04 Å². The number of alkyl halides is 1. The fourth-order valence-corrected chi connectivity index (χ4v) is 9.41. The number of hydrogen-bond donors (Lipinski definition) is 0. The fraction of sp³-hybridized carbons (Fsp3) is 0.520. The van der Waals surface area contributed by atoms with Crippen LogP contribution in [0.1, 0.15) is 27.2 Å². The molecule has 2 aromatic rings. The maximum absolute atomic E-state index is 7.04. The van der Waals surface area contributed by atoms with E-state index in [4.69, 9.17) is 4.43 Å². The van der Waals surface area contributed by atoms with Crippen LogP contribution in [0.3, 0.4) is 0 Å². The third-order valence-electron chi connectivity index (χ3n) is 6.22. The van der Waals surface area contributed by atoms with E-state index in [1.165, 1.54) is 36.4 Å². The third kappa shape index (κ3) is 5.63. The summed E-state index contributed by atoms with van der Waals surface area (Å²) in [5, 5.41) is 3.87. The van der Waals surface area contributed by atoms with Crippen molar-refractivity contribution in [3.8, 4) is 0 Å². The summed E-state index contributed by atoms with van der Waals surface area (Å²) in [5.41, 5.74) is 0. The molecular formula is C25H37BrN2OSi. The van der Waals surface area contributed by atoms with Crippen LogP contribution in [0.15, 0.2) is 60.7 Å². The summed E-state index contributed by atoms with van der Waals surface area (Å²) < 4.78 is 7.04. The Balaban J connectivity index is 1.73. The first-order valence-corrected chi connectivity index (χ1v) is 14.3. The molecule has 0 N–H and O–H groups in total. The highest BCUT2D eigenvalue weighted by Crippen LogP contribution is 2.36. The van der Waals surface area contributed by atoms with Crippen LogP contribution < -0.4 is 10.4 Å². The van der Waals surface area contributed by atoms with Gasteiger partial charge in [0.2, 0.25) is 0 Å². The summed E-state index contributed by atoms with van der Waals surface area (Å²) in [6.45, 7) is 14.7. The van der Waals surface area contributed by atoms with E-state index >= 15 is 0 Å². The van der Waals surface area contributed by atoms with Gasteiger partial charge in [0.1, 0.15) is 0 Å². The molecule has 3 nitrogen and oxygen atoms in total. The van der Waals surface area contributed by atoms with Crippen LogP contribution in [0.5, 0.6) is 0 Å². The van der Waals surface area contributed by atoms with Gasteiger partial charge in [0.05, 0.1) is 0 Å². The Kier molecular flexibility index (Phi) is 8.72. The highest BCUT2D eigenvalue weighted by atomic mass is 79.9. The van der Waals surface area contributed by atoms with Gasteiger partial charge in [-0.05, 0) is 28.4 Å². The van der Waals surface area contributed by atoms with Crippen LogP contribution in [0.25, 0.3) is 0 Å². The largest absolute Gasteiger partial charge is 0.406 e. The topological polar surface area (TPSA) is 15.7 Å². The second kappa shape index (κ2) is 11.1. The zero-order chi connectivity index (χ0) is 21.5. The summed E-state index contributed by atoms with van der Waals surface area (Å²) in [5.74, 6) is 0. The lowest BCUT2D eigenvalue weighted by Crippen LogP contribution is -2.67. The van der Waals surface area contributed by atoms with E-state index in [-0.39, 0.29) is 5.04 Å². The first-order valence-electron chi connectivity index (χ1n) is 11.2. The Labute approximate surface area is 192 Å². The molecule has 0 amide bonds. The molecule has 0 atom stereocenters. The van der Waals surface area contributed by atoms with Crippen molar-refractivity contribution in [2.75, 3.05) is 51.2 Å². The molecule has 0 aromatic heterocycles. The molecule has 30 heavy (non-hydrogen) atoms. The molecule has 0 aliphatic carbocycles. The van der Waals surface area contributed by atoms with Crippen molar-refractivity contribution < 1.29 is 4.43 Å². The predicted molar refractivity (Wildman–Crippen MR) is 135 cm³/mol. The van der Waals surface area contributed by atoms with Crippen molar-refractivity contribution in [2.45, 2.75) is 32.2 Å². The molecule has 2 aromatic carbocycles. The third-order valence-corrected chi connectivity index (χ3v) is 11.8. The van der Waals surface area contributed by atoms with Gasteiger partial charge in [-0.15, -0.1) is 0 Å². The summed E-state index contributed by atoms with van der Waals surface area (Å²) in [6.07, 6.45) is 1.23. The summed E-state index contributed by atoms with van der Waals surface area (Å²) in [6, 6.07) is 21.9. The van der Waals surface area contributed by atoms with Gasteiger partial charge in [-0.25, -0.2) is 0 Å². The van der Waals surface area contributed by atoms with Crippen molar-refractivity contribution in [1.82, 2.24) is 9.80 Å². The van der Waals surface area contributed by atoms with Crippen molar-refractivity contribution in [3.63, 3.8) is 0 Å². The minimum atomic E-state index is -2.41. The lowest BCUT2D eigenvalue weighted by atomic mass is 10.2. The first kappa shape index (κ1) is 23.7. The van der Waals surface area contributed by atoms with E-state index in [0.29, 0.717) is 0 Å². The smallest absolute Gasteiger partial charge is 0.261 e. The Morgan fingerprint density at radius 2 is 1.27 bits per heavy atom. The van der Waals surface area contributed by atoms with Crippen molar-refractivity contribution in [3.05, 3.63) is 60.7 Å². The SMILES string of the molecule is CC(C)(C)[Si](OCCN1CCN(CCCBr)CC1)(c1ccccc1)c1ccccc1. The zero-order valence-electron chi connectivity index (χ0n) is 18.8.